The summed E-state index contributed by atoms with van der Waals surface area (Å²) in [7, 11) is 2.18. The van der Waals surface area contributed by atoms with E-state index in [1.165, 1.54) is 0 Å². The molecular formula is C28H34N6O2. The second kappa shape index (κ2) is 11.0. The van der Waals surface area contributed by atoms with Gasteiger partial charge in [-0.25, -0.2) is 0 Å². The number of piperazine rings is 1. The Bertz CT molecular complexity index is 1230. The van der Waals surface area contributed by atoms with E-state index in [-0.39, 0.29) is 5.91 Å². The number of carbonyl (C=O) groups excluding carboxylic acids is 1. The summed E-state index contributed by atoms with van der Waals surface area (Å²) in [4.78, 5) is 17.3. The number of amides is 1. The number of fused-ring (bicyclic) bond motifs is 1. The van der Waals surface area contributed by atoms with Gasteiger partial charge in [0.05, 0.1) is 17.9 Å². The quantitative estimate of drug-likeness (QED) is 0.316. The van der Waals surface area contributed by atoms with Crippen molar-refractivity contribution in [1.29, 1.82) is 0 Å². The third-order valence-corrected chi connectivity index (χ3v) is 6.83. The van der Waals surface area contributed by atoms with E-state index in [0.29, 0.717) is 12.0 Å². The average Bonchev–Trinajstić information content (AvgIpc) is 3.46. The number of rotatable bonds is 9. The molecule has 1 fully saturated rings. The maximum Gasteiger partial charge on any atom is 0.257 e. The van der Waals surface area contributed by atoms with Gasteiger partial charge in [0.15, 0.2) is 0 Å². The number of ether oxygens (including phenoxy) is 1. The molecule has 1 amide bonds. The third kappa shape index (κ3) is 5.78. The molecule has 0 aliphatic carbocycles. The molecule has 8 heteroatoms. The summed E-state index contributed by atoms with van der Waals surface area (Å²) in [6.45, 7) is 8.43. The van der Waals surface area contributed by atoms with E-state index in [2.05, 4.69) is 49.8 Å². The molecule has 0 spiro atoms. The fourth-order valence-corrected chi connectivity index (χ4v) is 4.71. The monoisotopic (exact) mass is 486 g/mol. The smallest absolute Gasteiger partial charge is 0.257 e. The molecule has 0 atom stereocenters. The Morgan fingerprint density at radius 1 is 1.11 bits per heavy atom. The number of likely N-dealkylation sites (N-methyl/N-ethyl adjacent to an activating group) is 1. The largest absolute Gasteiger partial charge is 0.494 e. The van der Waals surface area contributed by atoms with Crippen molar-refractivity contribution in [2.45, 2.75) is 19.8 Å². The maximum atomic E-state index is 12.4. The Labute approximate surface area is 212 Å². The van der Waals surface area contributed by atoms with Gasteiger partial charge in [-0.1, -0.05) is 24.3 Å². The minimum atomic E-state index is -0.104. The zero-order chi connectivity index (χ0) is 24.9. The van der Waals surface area contributed by atoms with Gasteiger partial charge >= 0.3 is 0 Å². The Kier molecular flexibility index (Phi) is 7.34. The van der Waals surface area contributed by atoms with Crippen molar-refractivity contribution in [2.75, 3.05) is 57.0 Å². The Hall–Kier alpha value is -3.62. The lowest BCUT2D eigenvalue weighted by Gasteiger charge is -2.32. The molecule has 2 aromatic carbocycles. The molecule has 0 unspecified atom stereocenters. The molecule has 3 heterocycles. The van der Waals surface area contributed by atoms with Crippen molar-refractivity contribution in [3.05, 3.63) is 77.1 Å². The van der Waals surface area contributed by atoms with Gasteiger partial charge in [-0.05, 0) is 49.7 Å². The highest BCUT2D eigenvalue weighted by Crippen LogP contribution is 2.34. The van der Waals surface area contributed by atoms with Crippen molar-refractivity contribution in [1.82, 2.24) is 20.0 Å². The average molecular weight is 487 g/mol. The molecule has 3 aromatic rings. The standard InChI is InChI=1S/C28H34N6O2/c1-20-5-3-6-25-27(20)24(28(35)30-25)19-29-26-18-22(31-32-26)17-21-7-9-23(10-8-21)36-16-4-11-34-14-12-33(2)13-15-34/h3,5-10,18-19H,4,11-17H2,1-2H3,(H,30,35)(H2,29,31,32)/b24-19-. The lowest BCUT2D eigenvalue weighted by atomic mass is 10.0. The van der Waals surface area contributed by atoms with E-state index in [4.69, 9.17) is 4.74 Å². The number of hydrogen-bond donors (Lipinski definition) is 3. The lowest BCUT2D eigenvalue weighted by Crippen LogP contribution is -2.44. The number of hydrogen-bond acceptors (Lipinski definition) is 6. The van der Waals surface area contributed by atoms with Crippen molar-refractivity contribution in [3.8, 4) is 5.75 Å². The summed E-state index contributed by atoms with van der Waals surface area (Å²) in [5.41, 5.74) is 5.56. The fraction of sp³-hybridized carbons (Fsp3) is 0.357. The Balaban J connectivity index is 1.10. The van der Waals surface area contributed by atoms with Crippen LogP contribution in [0.3, 0.4) is 0 Å². The molecule has 1 saturated heterocycles. The third-order valence-electron chi connectivity index (χ3n) is 6.83. The molecular weight excluding hydrogens is 452 g/mol. The number of nitrogens with zero attached hydrogens (tertiary/aromatic N) is 3. The van der Waals surface area contributed by atoms with Gasteiger partial charge in [0.25, 0.3) is 5.91 Å². The van der Waals surface area contributed by atoms with E-state index in [1.807, 2.05) is 43.3 Å². The molecule has 2 aliphatic heterocycles. The van der Waals surface area contributed by atoms with Crippen LogP contribution in [0.4, 0.5) is 11.5 Å². The van der Waals surface area contributed by atoms with E-state index < -0.39 is 0 Å². The minimum absolute atomic E-state index is 0.104. The van der Waals surface area contributed by atoms with Crippen LogP contribution in [0.5, 0.6) is 5.75 Å². The number of carbonyl (C=O) groups is 1. The highest BCUT2D eigenvalue weighted by molar-refractivity contribution is 6.32. The first kappa shape index (κ1) is 24.1. The molecule has 0 radical (unpaired) electrons. The van der Waals surface area contributed by atoms with Gasteiger partial charge in [0.1, 0.15) is 11.6 Å². The number of H-pyrrole nitrogens is 1. The molecule has 36 heavy (non-hydrogen) atoms. The van der Waals surface area contributed by atoms with Crippen molar-refractivity contribution in [3.63, 3.8) is 0 Å². The van der Waals surface area contributed by atoms with Crippen LogP contribution in [-0.4, -0.2) is 72.3 Å². The molecule has 188 valence electrons. The van der Waals surface area contributed by atoms with Crippen molar-refractivity contribution < 1.29 is 9.53 Å². The number of nitrogens with one attached hydrogen (secondary N) is 3. The predicted molar refractivity (Wildman–Crippen MR) is 143 cm³/mol. The summed E-state index contributed by atoms with van der Waals surface area (Å²) in [6, 6.07) is 16.1. The highest BCUT2D eigenvalue weighted by atomic mass is 16.5. The normalized spacial score (nSPS) is 17.3. The second-order valence-electron chi connectivity index (χ2n) is 9.59. The SMILES string of the molecule is Cc1cccc2c1/C(=C/Nc1cc(Cc3ccc(OCCCN4CCN(C)CC4)cc3)n[nH]1)C(=O)N2. The molecule has 8 nitrogen and oxygen atoms in total. The summed E-state index contributed by atoms with van der Waals surface area (Å²) in [6.07, 6.45) is 3.49. The van der Waals surface area contributed by atoms with Crippen LogP contribution in [0.15, 0.2) is 54.7 Å². The number of anilines is 2. The molecule has 0 saturated carbocycles. The first-order valence-electron chi connectivity index (χ1n) is 12.6. The Morgan fingerprint density at radius 3 is 2.72 bits per heavy atom. The maximum absolute atomic E-state index is 12.4. The number of aromatic amines is 1. The van der Waals surface area contributed by atoms with Crippen molar-refractivity contribution in [2.24, 2.45) is 0 Å². The van der Waals surface area contributed by atoms with Gasteiger partial charge in [-0.3, -0.25) is 9.89 Å². The van der Waals surface area contributed by atoms with E-state index in [0.717, 1.165) is 85.4 Å². The topological polar surface area (TPSA) is 85.5 Å². The zero-order valence-electron chi connectivity index (χ0n) is 21.0. The first-order valence-corrected chi connectivity index (χ1v) is 12.6. The lowest BCUT2D eigenvalue weighted by molar-refractivity contribution is -0.110. The molecule has 0 bridgehead atoms. The number of aryl methyl sites for hydroxylation is 1. The van der Waals surface area contributed by atoms with Crippen LogP contribution in [0, 0.1) is 6.92 Å². The molecule has 1 aromatic heterocycles. The van der Waals surface area contributed by atoms with E-state index >= 15 is 0 Å². The van der Waals surface area contributed by atoms with Gasteiger partial charge in [0.2, 0.25) is 0 Å². The van der Waals surface area contributed by atoms with Crippen LogP contribution in [0.1, 0.15) is 28.8 Å². The van der Waals surface area contributed by atoms with Crippen LogP contribution >= 0.6 is 0 Å². The number of aromatic nitrogens is 2. The van der Waals surface area contributed by atoms with Crippen LogP contribution in [-0.2, 0) is 11.2 Å². The Morgan fingerprint density at radius 2 is 1.92 bits per heavy atom. The second-order valence-corrected chi connectivity index (χ2v) is 9.59. The summed E-state index contributed by atoms with van der Waals surface area (Å²) >= 11 is 0. The predicted octanol–water partition coefficient (Wildman–Crippen LogP) is 3.73. The summed E-state index contributed by atoms with van der Waals surface area (Å²) in [5, 5.41) is 13.5. The molecule has 3 N–H and O–H groups in total. The minimum Gasteiger partial charge on any atom is -0.494 e. The van der Waals surface area contributed by atoms with Crippen molar-refractivity contribution >= 4 is 23.0 Å². The van der Waals surface area contributed by atoms with E-state index in [9.17, 15) is 4.79 Å². The van der Waals surface area contributed by atoms with Crippen LogP contribution < -0.4 is 15.4 Å². The molecule has 2 aliphatic rings. The number of benzene rings is 2. The molecule has 5 rings (SSSR count). The van der Waals surface area contributed by atoms with Crippen LogP contribution in [0.2, 0.25) is 0 Å². The first-order chi connectivity index (χ1) is 17.5. The van der Waals surface area contributed by atoms with Gasteiger partial charge < -0.3 is 25.2 Å². The fourth-order valence-electron chi connectivity index (χ4n) is 4.71. The highest BCUT2D eigenvalue weighted by Gasteiger charge is 2.25. The van der Waals surface area contributed by atoms with E-state index in [1.54, 1.807) is 6.20 Å². The van der Waals surface area contributed by atoms with Gasteiger partial charge in [-0.2, -0.15) is 5.10 Å². The summed E-state index contributed by atoms with van der Waals surface area (Å²) in [5.74, 6) is 1.54. The van der Waals surface area contributed by atoms with Gasteiger partial charge in [-0.15, -0.1) is 0 Å². The summed E-state index contributed by atoms with van der Waals surface area (Å²) < 4.78 is 5.94. The zero-order valence-corrected chi connectivity index (χ0v) is 21.0. The van der Waals surface area contributed by atoms with Gasteiger partial charge in [0, 0.05) is 62.7 Å². The van der Waals surface area contributed by atoms with Crippen LogP contribution in [0.25, 0.3) is 5.57 Å².